The highest BCUT2D eigenvalue weighted by Crippen LogP contribution is 2.40. The Morgan fingerprint density at radius 2 is 2.00 bits per heavy atom. The molecular formula is C14H14ClNO5S. The van der Waals surface area contributed by atoms with Crippen LogP contribution in [0.4, 0.5) is 0 Å². The molecule has 0 N–H and O–H groups in total. The molecule has 0 bridgehead atoms. The van der Waals surface area contributed by atoms with Gasteiger partial charge in [0.25, 0.3) is 0 Å². The molecule has 2 heterocycles. The predicted octanol–water partition coefficient (Wildman–Crippen LogP) is 2.79. The van der Waals surface area contributed by atoms with E-state index in [0.717, 1.165) is 0 Å². The molecule has 2 aromatic rings. The van der Waals surface area contributed by atoms with E-state index < -0.39 is 9.84 Å². The zero-order valence-corrected chi connectivity index (χ0v) is 13.6. The summed E-state index contributed by atoms with van der Waals surface area (Å²) < 4.78 is 40.3. The van der Waals surface area contributed by atoms with Crippen molar-refractivity contribution in [2.75, 3.05) is 6.79 Å². The third kappa shape index (κ3) is 2.91. The van der Waals surface area contributed by atoms with E-state index in [9.17, 15) is 8.42 Å². The van der Waals surface area contributed by atoms with E-state index in [2.05, 4.69) is 5.16 Å². The van der Waals surface area contributed by atoms with Crippen molar-refractivity contribution < 1.29 is 22.4 Å². The van der Waals surface area contributed by atoms with Crippen LogP contribution in [0.3, 0.4) is 0 Å². The summed E-state index contributed by atoms with van der Waals surface area (Å²) in [5, 5.41) is 4.12. The van der Waals surface area contributed by atoms with Gasteiger partial charge in [-0.15, -0.1) is 0 Å². The molecule has 0 amide bonds. The minimum Gasteiger partial charge on any atom is -0.454 e. The van der Waals surface area contributed by atoms with Gasteiger partial charge in [-0.1, -0.05) is 16.8 Å². The molecule has 22 heavy (non-hydrogen) atoms. The Hall–Kier alpha value is -1.73. The van der Waals surface area contributed by atoms with Crippen molar-refractivity contribution in [3.63, 3.8) is 0 Å². The second-order valence-electron chi connectivity index (χ2n) is 5.15. The molecule has 0 unspecified atom stereocenters. The summed E-state index contributed by atoms with van der Waals surface area (Å²) in [4.78, 5) is 0. The summed E-state index contributed by atoms with van der Waals surface area (Å²) in [6, 6.07) is 3.22. The van der Waals surface area contributed by atoms with Crippen LogP contribution in [-0.2, 0) is 21.3 Å². The smallest absolute Gasteiger partial charge is 0.231 e. The first-order valence-electron chi connectivity index (χ1n) is 6.56. The lowest BCUT2D eigenvalue weighted by Gasteiger charge is -2.07. The first-order valence-corrected chi connectivity index (χ1v) is 8.76. The standard InChI is InChI=1S/C14H14ClNO5S/c1-8-11(9(2)21-16-8)6-22(17,18)5-10-3-12(15)14-13(4-10)19-7-20-14/h3-4H,5-7H2,1-2H3. The molecule has 0 saturated carbocycles. The molecule has 6 nitrogen and oxygen atoms in total. The van der Waals surface area contributed by atoms with Crippen LogP contribution in [0.15, 0.2) is 16.7 Å². The van der Waals surface area contributed by atoms with Crippen LogP contribution in [0.1, 0.15) is 22.6 Å². The fourth-order valence-corrected chi connectivity index (χ4v) is 4.25. The quantitative estimate of drug-likeness (QED) is 0.849. The Kier molecular flexibility index (Phi) is 3.78. The van der Waals surface area contributed by atoms with Crippen LogP contribution in [-0.4, -0.2) is 20.4 Å². The van der Waals surface area contributed by atoms with Gasteiger partial charge in [0.05, 0.1) is 22.2 Å². The minimum absolute atomic E-state index is 0.0876. The van der Waals surface area contributed by atoms with Gasteiger partial charge >= 0.3 is 0 Å². The van der Waals surface area contributed by atoms with E-state index in [4.69, 9.17) is 25.6 Å². The molecule has 1 aliphatic rings. The van der Waals surface area contributed by atoms with Crippen LogP contribution in [0.5, 0.6) is 11.5 Å². The van der Waals surface area contributed by atoms with Crippen molar-refractivity contribution in [1.29, 1.82) is 0 Å². The van der Waals surface area contributed by atoms with Crippen molar-refractivity contribution in [2.24, 2.45) is 0 Å². The van der Waals surface area contributed by atoms with E-state index in [-0.39, 0.29) is 18.3 Å². The summed E-state index contributed by atoms with van der Waals surface area (Å²) in [6.45, 7) is 3.51. The van der Waals surface area contributed by atoms with Gasteiger partial charge in [-0.2, -0.15) is 0 Å². The lowest BCUT2D eigenvalue weighted by molar-refractivity contribution is 0.174. The molecule has 8 heteroatoms. The molecule has 0 radical (unpaired) electrons. The van der Waals surface area contributed by atoms with E-state index in [0.29, 0.717) is 39.1 Å². The van der Waals surface area contributed by atoms with Gasteiger partial charge in [-0.3, -0.25) is 0 Å². The number of fused-ring (bicyclic) bond motifs is 1. The van der Waals surface area contributed by atoms with Gasteiger partial charge in [0.2, 0.25) is 6.79 Å². The fourth-order valence-electron chi connectivity index (χ4n) is 2.34. The molecule has 1 aromatic carbocycles. The Bertz CT molecular complexity index is 808. The number of aryl methyl sites for hydroxylation is 2. The molecule has 0 fully saturated rings. The second kappa shape index (κ2) is 5.48. The maximum absolute atomic E-state index is 12.4. The molecule has 1 aromatic heterocycles. The average molecular weight is 344 g/mol. The lowest BCUT2D eigenvalue weighted by Crippen LogP contribution is -2.09. The van der Waals surface area contributed by atoms with Gasteiger partial charge < -0.3 is 14.0 Å². The Morgan fingerprint density at radius 1 is 1.23 bits per heavy atom. The molecule has 1 aliphatic heterocycles. The van der Waals surface area contributed by atoms with Crippen molar-refractivity contribution in [3.8, 4) is 11.5 Å². The second-order valence-corrected chi connectivity index (χ2v) is 7.62. The van der Waals surface area contributed by atoms with E-state index >= 15 is 0 Å². The summed E-state index contributed by atoms with van der Waals surface area (Å²) in [5.74, 6) is 1.17. The van der Waals surface area contributed by atoms with Gasteiger partial charge in [0.1, 0.15) is 5.76 Å². The number of hydrogen-bond acceptors (Lipinski definition) is 6. The largest absolute Gasteiger partial charge is 0.454 e. The van der Waals surface area contributed by atoms with Gasteiger partial charge in [0, 0.05) is 5.56 Å². The van der Waals surface area contributed by atoms with Gasteiger partial charge in [0.15, 0.2) is 21.3 Å². The van der Waals surface area contributed by atoms with Crippen molar-refractivity contribution >= 4 is 21.4 Å². The maximum Gasteiger partial charge on any atom is 0.231 e. The monoisotopic (exact) mass is 343 g/mol. The van der Waals surface area contributed by atoms with Gasteiger partial charge in [-0.05, 0) is 31.5 Å². The maximum atomic E-state index is 12.4. The van der Waals surface area contributed by atoms with Crippen LogP contribution in [0.25, 0.3) is 0 Å². The number of rotatable bonds is 4. The van der Waals surface area contributed by atoms with Crippen molar-refractivity contribution in [2.45, 2.75) is 25.4 Å². The number of nitrogens with zero attached hydrogens (tertiary/aromatic N) is 1. The highest BCUT2D eigenvalue weighted by Gasteiger charge is 2.23. The molecule has 0 saturated heterocycles. The average Bonchev–Trinajstić information content (AvgIpc) is 3.00. The Morgan fingerprint density at radius 3 is 2.68 bits per heavy atom. The number of halogens is 1. The Labute approximate surface area is 132 Å². The van der Waals surface area contributed by atoms with E-state index in [1.54, 1.807) is 26.0 Å². The first-order chi connectivity index (χ1) is 10.4. The van der Waals surface area contributed by atoms with E-state index in [1.165, 1.54) is 0 Å². The third-order valence-corrected chi connectivity index (χ3v) is 5.20. The number of aromatic nitrogens is 1. The summed E-state index contributed by atoms with van der Waals surface area (Å²) >= 11 is 6.07. The zero-order valence-electron chi connectivity index (χ0n) is 12.1. The summed E-state index contributed by atoms with van der Waals surface area (Å²) in [5.41, 5.74) is 1.75. The van der Waals surface area contributed by atoms with Crippen molar-refractivity contribution in [3.05, 3.63) is 39.7 Å². The normalized spacial score (nSPS) is 13.6. The number of benzene rings is 1. The van der Waals surface area contributed by atoms with Crippen molar-refractivity contribution in [1.82, 2.24) is 5.16 Å². The molecular weight excluding hydrogens is 330 g/mol. The summed E-state index contributed by atoms with van der Waals surface area (Å²) in [6.07, 6.45) is 0. The van der Waals surface area contributed by atoms with Crippen LogP contribution in [0, 0.1) is 13.8 Å². The molecule has 0 aliphatic carbocycles. The molecule has 3 rings (SSSR count). The summed E-state index contributed by atoms with van der Waals surface area (Å²) in [7, 11) is -3.39. The predicted molar refractivity (Wildman–Crippen MR) is 79.9 cm³/mol. The van der Waals surface area contributed by atoms with Crippen LogP contribution >= 0.6 is 11.6 Å². The highest BCUT2D eigenvalue weighted by molar-refractivity contribution is 7.89. The highest BCUT2D eigenvalue weighted by atomic mass is 35.5. The fraction of sp³-hybridized carbons (Fsp3) is 0.357. The van der Waals surface area contributed by atoms with Crippen LogP contribution in [0.2, 0.25) is 5.02 Å². The first kappa shape index (κ1) is 15.2. The molecule has 0 atom stereocenters. The van der Waals surface area contributed by atoms with E-state index in [1.807, 2.05) is 0 Å². The van der Waals surface area contributed by atoms with Gasteiger partial charge in [-0.25, -0.2) is 8.42 Å². The van der Waals surface area contributed by atoms with Crippen LogP contribution < -0.4 is 9.47 Å². The SMILES string of the molecule is Cc1noc(C)c1CS(=O)(=O)Cc1cc(Cl)c2c(c1)OCO2. The number of sulfone groups is 1. The topological polar surface area (TPSA) is 78.6 Å². The number of ether oxygens (including phenoxy) is 2. The number of hydrogen-bond donors (Lipinski definition) is 0. The Balaban J connectivity index is 1.85. The third-order valence-electron chi connectivity index (χ3n) is 3.42. The minimum atomic E-state index is -3.39. The molecule has 0 spiro atoms. The zero-order chi connectivity index (χ0) is 15.9. The molecule has 118 valence electrons. The lowest BCUT2D eigenvalue weighted by atomic mass is 10.2.